The summed E-state index contributed by atoms with van der Waals surface area (Å²) in [4.78, 5) is 25.7. The van der Waals surface area contributed by atoms with E-state index >= 15 is 0 Å². The number of carbonyl (C=O) groups excluding carboxylic acids is 2. The van der Waals surface area contributed by atoms with Crippen molar-refractivity contribution in [2.45, 2.75) is 19.8 Å². The zero-order valence-electron chi connectivity index (χ0n) is 11.9. The molecule has 114 valence electrons. The van der Waals surface area contributed by atoms with E-state index in [1.807, 2.05) is 0 Å². The monoisotopic (exact) mass is 293 g/mol. The number of amides is 1. The van der Waals surface area contributed by atoms with Gasteiger partial charge in [-0.05, 0) is 31.9 Å². The number of hydrogen-bond acceptors (Lipinski definition) is 5. The summed E-state index contributed by atoms with van der Waals surface area (Å²) < 4.78 is 5.00. The highest BCUT2D eigenvalue weighted by Gasteiger charge is 2.30. The fraction of sp³-hybridized carbons (Fsp3) is 0.467. The molecule has 6 heteroatoms. The minimum absolute atomic E-state index is 0.169. The highest BCUT2D eigenvalue weighted by molar-refractivity contribution is 5.95. The number of ether oxygens (including phenoxy) is 1. The number of carbonyl (C=O) groups is 2. The van der Waals surface area contributed by atoms with Crippen molar-refractivity contribution in [1.82, 2.24) is 4.90 Å². The van der Waals surface area contributed by atoms with Gasteiger partial charge in [0.05, 0.1) is 12.5 Å². The minimum atomic E-state index is -0.312. The molecule has 2 rings (SSSR count). The van der Waals surface area contributed by atoms with Crippen LogP contribution in [0.3, 0.4) is 0 Å². The van der Waals surface area contributed by atoms with Gasteiger partial charge in [-0.2, -0.15) is 0 Å². The number of rotatable bonds is 3. The van der Waals surface area contributed by atoms with E-state index in [-0.39, 0.29) is 34.9 Å². The lowest BCUT2D eigenvalue weighted by Gasteiger charge is -2.31. The first kappa shape index (κ1) is 15.2. The Kier molecular flexibility index (Phi) is 4.67. The third kappa shape index (κ3) is 3.65. The molecule has 1 saturated heterocycles. The standard InChI is InChI=1S/C15H19NO5/c1-2-21-15(20)10-4-3-5-16(9-10)14(19)11-6-12(17)8-13(18)7-11/h6-8,10,17-18H,2-5,9H2,1H3/t10-/m0/s1. The summed E-state index contributed by atoms with van der Waals surface area (Å²) in [7, 11) is 0. The molecule has 1 aromatic carbocycles. The fourth-order valence-corrected chi connectivity index (χ4v) is 2.52. The molecule has 0 aliphatic carbocycles. The first-order chi connectivity index (χ1) is 10.0. The Morgan fingerprint density at radius 2 is 1.95 bits per heavy atom. The second kappa shape index (κ2) is 6.47. The van der Waals surface area contributed by atoms with Crippen LogP contribution in [0.2, 0.25) is 0 Å². The van der Waals surface area contributed by atoms with Crippen molar-refractivity contribution in [2.24, 2.45) is 5.92 Å². The van der Waals surface area contributed by atoms with Gasteiger partial charge in [0.25, 0.3) is 5.91 Å². The van der Waals surface area contributed by atoms with Gasteiger partial charge in [0.1, 0.15) is 11.5 Å². The molecular formula is C15H19NO5. The van der Waals surface area contributed by atoms with E-state index in [1.54, 1.807) is 11.8 Å². The van der Waals surface area contributed by atoms with E-state index in [0.717, 1.165) is 12.5 Å². The lowest BCUT2D eigenvalue weighted by atomic mass is 9.97. The Bertz CT molecular complexity index is 523. The van der Waals surface area contributed by atoms with Crippen molar-refractivity contribution in [3.8, 4) is 11.5 Å². The quantitative estimate of drug-likeness (QED) is 0.825. The zero-order valence-corrected chi connectivity index (χ0v) is 11.9. The summed E-state index contributed by atoms with van der Waals surface area (Å²) in [5.41, 5.74) is 0.206. The summed E-state index contributed by atoms with van der Waals surface area (Å²) in [5, 5.41) is 18.9. The smallest absolute Gasteiger partial charge is 0.310 e. The van der Waals surface area contributed by atoms with Crippen molar-refractivity contribution in [3.05, 3.63) is 23.8 Å². The SMILES string of the molecule is CCOC(=O)[C@H]1CCCN(C(=O)c2cc(O)cc(O)c2)C1. The average Bonchev–Trinajstić information content (AvgIpc) is 2.46. The first-order valence-corrected chi connectivity index (χ1v) is 7.00. The highest BCUT2D eigenvalue weighted by Crippen LogP contribution is 2.24. The molecular weight excluding hydrogens is 274 g/mol. The maximum Gasteiger partial charge on any atom is 0.310 e. The number of hydrogen-bond donors (Lipinski definition) is 2. The molecule has 2 N–H and O–H groups in total. The van der Waals surface area contributed by atoms with Gasteiger partial charge in [0.15, 0.2) is 0 Å². The molecule has 1 aliphatic heterocycles. The molecule has 1 aliphatic rings. The van der Waals surface area contributed by atoms with Crippen LogP contribution in [-0.4, -0.2) is 46.7 Å². The summed E-state index contributed by atoms with van der Waals surface area (Å²) in [5.74, 6) is -1.24. The molecule has 0 aromatic heterocycles. The summed E-state index contributed by atoms with van der Waals surface area (Å²) in [6, 6.07) is 3.76. The summed E-state index contributed by atoms with van der Waals surface area (Å²) in [6.07, 6.45) is 1.42. The number of esters is 1. The Balaban J connectivity index is 2.10. The third-order valence-electron chi connectivity index (χ3n) is 3.48. The van der Waals surface area contributed by atoms with Crippen LogP contribution in [0.15, 0.2) is 18.2 Å². The molecule has 1 fully saturated rings. The first-order valence-electron chi connectivity index (χ1n) is 7.00. The van der Waals surface area contributed by atoms with Crippen LogP contribution in [0.1, 0.15) is 30.1 Å². The average molecular weight is 293 g/mol. The zero-order chi connectivity index (χ0) is 15.4. The normalized spacial score (nSPS) is 18.3. The number of phenolic OH excluding ortho intramolecular Hbond substituents is 2. The van der Waals surface area contributed by atoms with Crippen LogP contribution in [0.4, 0.5) is 0 Å². The minimum Gasteiger partial charge on any atom is -0.508 e. The van der Waals surface area contributed by atoms with Gasteiger partial charge in [-0.1, -0.05) is 0 Å². The van der Waals surface area contributed by atoms with E-state index in [2.05, 4.69) is 0 Å². The molecule has 0 radical (unpaired) electrons. The molecule has 6 nitrogen and oxygen atoms in total. The number of piperidine rings is 1. The molecule has 1 aromatic rings. The Labute approximate surface area is 122 Å². The van der Waals surface area contributed by atoms with Gasteiger partial charge < -0.3 is 19.8 Å². The largest absolute Gasteiger partial charge is 0.508 e. The van der Waals surface area contributed by atoms with Gasteiger partial charge >= 0.3 is 5.97 Å². The van der Waals surface area contributed by atoms with Gasteiger partial charge in [0.2, 0.25) is 0 Å². The Hall–Kier alpha value is -2.24. The van der Waals surface area contributed by atoms with Crippen molar-refractivity contribution in [1.29, 1.82) is 0 Å². The van der Waals surface area contributed by atoms with Crippen molar-refractivity contribution in [3.63, 3.8) is 0 Å². The van der Waals surface area contributed by atoms with Crippen molar-refractivity contribution >= 4 is 11.9 Å². The van der Waals surface area contributed by atoms with Crippen molar-refractivity contribution < 1.29 is 24.5 Å². The predicted octanol–water partition coefficient (Wildman–Crippen LogP) is 1.51. The second-order valence-corrected chi connectivity index (χ2v) is 5.08. The fourth-order valence-electron chi connectivity index (χ4n) is 2.52. The second-order valence-electron chi connectivity index (χ2n) is 5.08. The number of aromatic hydroxyl groups is 2. The van der Waals surface area contributed by atoms with Crippen LogP contribution in [0.5, 0.6) is 11.5 Å². The van der Waals surface area contributed by atoms with Crippen LogP contribution in [0.25, 0.3) is 0 Å². The van der Waals surface area contributed by atoms with E-state index in [0.29, 0.717) is 26.1 Å². The van der Waals surface area contributed by atoms with Crippen molar-refractivity contribution in [2.75, 3.05) is 19.7 Å². The Morgan fingerprint density at radius 3 is 2.57 bits per heavy atom. The van der Waals surface area contributed by atoms with Gasteiger partial charge in [-0.15, -0.1) is 0 Å². The molecule has 0 unspecified atom stereocenters. The molecule has 0 spiro atoms. The van der Waals surface area contributed by atoms with Crippen LogP contribution in [0, 0.1) is 5.92 Å². The highest BCUT2D eigenvalue weighted by atomic mass is 16.5. The van der Waals surface area contributed by atoms with Gasteiger partial charge in [-0.3, -0.25) is 9.59 Å². The molecule has 1 heterocycles. The van der Waals surface area contributed by atoms with E-state index in [9.17, 15) is 19.8 Å². The van der Waals surface area contributed by atoms with Gasteiger partial charge in [-0.25, -0.2) is 0 Å². The van der Waals surface area contributed by atoms with E-state index < -0.39 is 0 Å². The molecule has 1 amide bonds. The summed E-state index contributed by atoms with van der Waals surface area (Å²) in [6.45, 7) is 2.92. The number of nitrogens with zero attached hydrogens (tertiary/aromatic N) is 1. The number of phenols is 2. The molecule has 1 atom stereocenters. The molecule has 21 heavy (non-hydrogen) atoms. The number of benzene rings is 1. The van der Waals surface area contributed by atoms with Crippen LogP contribution >= 0.6 is 0 Å². The summed E-state index contributed by atoms with van der Waals surface area (Å²) >= 11 is 0. The Morgan fingerprint density at radius 1 is 1.29 bits per heavy atom. The van der Waals surface area contributed by atoms with E-state index in [1.165, 1.54) is 12.1 Å². The van der Waals surface area contributed by atoms with Crippen LogP contribution in [-0.2, 0) is 9.53 Å². The van der Waals surface area contributed by atoms with Gasteiger partial charge in [0, 0.05) is 24.7 Å². The maximum absolute atomic E-state index is 12.4. The van der Waals surface area contributed by atoms with Crippen LogP contribution < -0.4 is 0 Å². The molecule has 0 bridgehead atoms. The lowest BCUT2D eigenvalue weighted by molar-refractivity contribution is -0.149. The maximum atomic E-state index is 12.4. The topological polar surface area (TPSA) is 87.1 Å². The van der Waals surface area contributed by atoms with E-state index in [4.69, 9.17) is 4.74 Å². The molecule has 0 saturated carbocycles. The predicted molar refractivity (Wildman–Crippen MR) is 75.0 cm³/mol. The lowest BCUT2D eigenvalue weighted by Crippen LogP contribution is -2.42. The number of likely N-dealkylation sites (tertiary alicyclic amines) is 1. The third-order valence-corrected chi connectivity index (χ3v) is 3.48.